The molecule has 1 saturated heterocycles. The van der Waals surface area contributed by atoms with Crippen LogP contribution in [0.25, 0.3) is 0 Å². The molecule has 0 bridgehead atoms. The van der Waals surface area contributed by atoms with Crippen LogP contribution in [0.3, 0.4) is 0 Å². The van der Waals surface area contributed by atoms with Gasteiger partial charge in [0.2, 0.25) is 35.4 Å². The Balaban J connectivity index is 1.46. The first-order valence-electron chi connectivity index (χ1n) is 25.7. The average molecular weight is 1060 g/mol. The Morgan fingerprint density at radius 1 is 0.532 bits per heavy atom. The van der Waals surface area contributed by atoms with E-state index in [0.717, 1.165) is 5.56 Å². The van der Waals surface area contributed by atoms with Gasteiger partial charge < -0.3 is 58.2 Å². The lowest BCUT2D eigenvalue weighted by molar-refractivity contribution is -0.148. The fraction of sp³-hybridized carbons (Fsp3) is 0.390. The standard InChI is InChI=1S/C59H72N6O12/c1-40(2)76-31-15-29-61-36-56(68)64(43(5)45-22-26-49(73-7)27-23-45)39-58(70)63(42(4)44-20-24-48(72-6)25-21-44)35-54(66)60-41(3)59(71)62(30-28-46-16-13-14-19-53(46)77-50-17-11-10-12-18-50)37-57(69)65(38-55(61)67)47-32-51(74-8)34-52(33-47)75-9/h10-14,16-27,32-34,40-43H,15,28-31,35-39H2,1-9H3,(H,60,66)/t41-,42+,43+/m1/s1. The van der Waals surface area contributed by atoms with Crippen LogP contribution in [0.5, 0.6) is 34.5 Å². The van der Waals surface area contributed by atoms with Crippen LogP contribution < -0.4 is 33.9 Å². The van der Waals surface area contributed by atoms with Crippen molar-refractivity contribution in [3.8, 4) is 34.5 Å². The highest BCUT2D eigenvalue weighted by Crippen LogP contribution is 2.31. The van der Waals surface area contributed by atoms with E-state index in [1.54, 1.807) is 87.7 Å². The van der Waals surface area contributed by atoms with Gasteiger partial charge in [0.1, 0.15) is 66.7 Å². The molecule has 0 unspecified atom stereocenters. The number of nitrogens with one attached hydrogen (secondary N) is 1. The third kappa shape index (κ3) is 16.2. The number of rotatable bonds is 19. The molecule has 5 aromatic carbocycles. The summed E-state index contributed by atoms with van der Waals surface area (Å²) in [5.41, 5.74) is 2.28. The molecule has 18 nitrogen and oxygen atoms in total. The van der Waals surface area contributed by atoms with Gasteiger partial charge in [-0.25, -0.2) is 0 Å². The van der Waals surface area contributed by atoms with Crippen molar-refractivity contribution >= 4 is 41.1 Å². The van der Waals surface area contributed by atoms with Crippen LogP contribution in [0.1, 0.15) is 69.8 Å². The second-order valence-corrected chi connectivity index (χ2v) is 18.9. The number of hydrogen-bond donors (Lipinski definition) is 1. The van der Waals surface area contributed by atoms with Crippen LogP contribution in [-0.2, 0) is 39.9 Å². The summed E-state index contributed by atoms with van der Waals surface area (Å²) in [7, 11) is 5.99. The molecule has 6 amide bonds. The number of ether oxygens (including phenoxy) is 6. The molecule has 5 aromatic rings. The van der Waals surface area contributed by atoms with Gasteiger partial charge in [-0.05, 0) is 107 Å². The molecule has 18 heteroatoms. The molecule has 0 aliphatic carbocycles. The summed E-state index contributed by atoms with van der Waals surface area (Å²) in [6, 6.07) is 32.8. The summed E-state index contributed by atoms with van der Waals surface area (Å²) >= 11 is 0. The van der Waals surface area contributed by atoms with Crippen molar-refractivity contribution in [3.63, 3.8) is 0 Å². The lowest BCUT2D eigenvalue weighted by Crippen LogP contribution is -2.55. The van der Waals surface area contributed by atoms with Crippen molar-refractivity contribution in [2.24, 2.45) is 0 Å². The van der Waals surface area contributed by atoms with E-state index in [4.69, 9.17) is 28.4 Å². The summed E-state index contributed by atoms with van der Waals surface area (Å²) in [4.78, 5) is 96.4. The largest absolute Gasteiger partial charge is 0.497 e. The second-order valence-electron chi connectivity index (χ2n) is 18.9. The van der Waals surface area contributed by atoms with Gasteiger partial charge in [-0.3, -0.25) is 28.8 Å². The first kappa shape index (κ1) is 58.1. The Morgan fingerprint density at radius 2 is 1.06 bits per heavy atom. The second kappa shape index (κ2) is 28.1. The Morgan fingerprint density at radius 3 is 1.64 bits per heavy atom. The van der Waals surface area contributed by atoms with Crippen LogP contribution in [0, 0.1) is 0 Å². The molecule has 77 heavy (non-hydrogen) atoms. The first-order chi connectivity index (χ1) is 37.0. The van der Waals surface area contributed by atoms with Gasteiger partial charge in [0.15, 0.2) is 0 Å². The minimum absolute atomic E-state index is 0.0268. The van der Waals surface area contributed by atoms with Crippen molar-refractivity contribution in [3.05, 3.63) is 138 Å². The Kier molecular flexibility index (Phi) is 21.2. The molecule has 0 aromatic heterocycles. The highest BCUT2D eigenvalue weighted by atomic mass is 16.5. The monoisotopic (exact) mass is 1060 g/mol. The third-order valence-electron chi connectivity index (χ3n) is 13.3. The molecule has 3 atom stereocenters. The zero-order valence-corrected chi connectivity index (χ0v) is 45.6. The number of amides is 6. The van der Waals surface area contributed by atoms with Gasteiger partial charge in [-0.15, -0.1) is 0 Å². The van der Waals surface area contributed by atoms with E-state index in [9.17, 15) is 9.59 Å². The number of nitrogens with zero attached hydrogens (tertiary/aromatic N) is 5. The van der Waals surface area contributed by atoms with Crippen molar-refractivity contribution in [2.75, 3.05) is 85.8 Å². The zero-order valence-electron chi connectivity index (χ0n) is 45.6. The maximum Gasteiger partial charge on any atom is 0.247 e. The number of carbonyl (C=O) groups is 6. The Hall–Kier alpha value is -8.12. The van der Waals surface area contributed by atoms with Gasteiger partial charge in [-0.2, -0.15) is 0 Å². The number of hydrogen-bond acceptors (Lipinski definition) is 12. The number of anilines is 1. The van der Waals surface area contributed by atoms with Gasteiger partial charge in [0.25, 0.3) is 0 Å². The SMILES string of the molecule is COc1ccc([C@H](C)N2CC(=O)N[C@H](C)C(=O)N(CCc3ccccc3Oc3ccccc3)CC(=O)N(c3cc(OC)cc(OC)c3)CC(=O)N(CCCOC(C)C)CC(=O)N([C@@H](C)c3ccc(OC)cc3)CC2=O)cc1. The zero-order chi connectivity index (χ0) is 55.6. The number of carbonyl (C=O) groups excluding carboxylic acids is 6. The number of para-hydroxylation sites is 2. The molecule has 1 aliphatic heterocycles. The first-order valence-corrected chi connectivity index (χ1v) is 25.7. The topological polar surface area (TPSA) is 186 Å². The molecule has 0 saturated carbocycles. The highest BCUT2D eigenvalue weighted by Gasteiger charge is 2.35. The van der Waals surface area contributed by atoms with Crippen molar-refractivity contribution < 1.29 is 57.2 Å². The van der Waals surface area contributed by atoms with Crippen molar-refractivity contribution in [1.82, 2.24) is 24.9 Å². The quantitative estimate of drug-likeness (QED) is 0.0818. The molecule has 1 N–H and O–H groups in total. The van der Waals surface area contributed by atoms with E-state index in [1.165, 1.54) is 52.8 Å². The highest BCUT2D eigenvalue weighted by molar-refractivity contribution is 6.02. The minimum Gasteiger partial charge on any atom is -0.497 e. The van der Waals surface area contributed by atoms with Gasteiger partial charge in [0, 0.05) is 37.9 Å². The maximum atomic E-state index is 15.2. The van der Waals surface area contributed by atoms with E-state index < -0.39 is 86.3 Å². The molecular formula is C59H72N6O12. The fourth-order valence-electron chi connectivity index (χ4n) is 8.85. The molecule has 0 spiro atoms. The Bertz CT molecular complexity index is 2750. The van der Waals surface area contributed by atoms with Gasteiger partial charge >= 0.3 is 0 Å². The average Bonchev–Trinajstić information content (AvgIpc) is 3.45. The minimum atomic E-state index is -1.22. The molecule has 1 fully saturated rings. The maximum absolute atomic E-state index is 15.2. The van der Waals surface area contributed by atoms with Crippen LogP contribution >= 0.6 is 0 Å². The molecule has 6 rings (SSSR count). The molecular weight excluding hydrogens is 985 g/mol. The molecule has 1 heterocycles. The van der Waals surface area contributed by atoms with Gasteiger partial charge in [-0.1, -0.05) is 60.7 Å². The van der Waals surface area contributed by atoms with E-state index in [1.807, 2.05) is 68.4 Å². The Labute approximate surface area is 451 Å². The van der Waals surface area contributed by atoms with E-state index >= 15 is 19.2 Å². The lowest BCUT2D eigenvalue weighted by Gasteiger charge is -2.36. The molecule has 1 aliphatic rings. The third-order valence-corrected chi connectivity index (χ3v) is 13.3. The predicted octanol–water partition coefficient (Wildman–Crippen LogP) is 7.26. The fourth-order valence-corrected chi connectivity index (χ4v) is 8.85. The van der Waals surface area contributed by atoms with Gasteiger partial charge in [0.05, 0.1) is 58.9 Å². The summed E-state index contributed by atoms with van der Waals surface area (Å²) < 4.78 is 34.1. The molecule has 0 radical (unpaired) electrons. The van der Waals surface area contributed by atoms with Crippen LogP contribution in [0.2, 0.25) is 0 Å². The summed E-state index contributed by atoms with van der Waals surface area (Å²) in [6.07, 6.45) is 0.429. The summed E-state index contributed by atoms with van der Waals surface area (Å²) in [6.45, 7) is 6.42. The predicted molar refractivity (Wildman–Crippen MR) is 291 cm³/mol. The number of methoxy groups -OCH3 is 4. The van der Waals surface area contributed by atoms with E-state index in [0.29, 0.717) is 52.0 Å². The van der Waals surface area contributed by atoms with E-state index in [2.05, 4.69) is 5.32 Å². The molecule has 410 valence electrons. The number of benzene rings is 5. The van der Waals surface area contributed by atoms with Crippen molar-refractivity contribution in [1.29, 1.82) is 0 Å². The lowest BCUT2D eigenvalue weighted by atomic mass is 10.0. The van der Waals surface area contributed by atoms with Crippen molar-refractivity contribution in [2.45, 2.75) is 71.7 Å². The van der Waals surface area contributed by atoms with Crippen LogP contribution in [-0.4, -0.2) is 148 Å². The van der Waals surface area contributed by atoms with Crippen LogP contribution in [0.15, 0.2) is 121 Å². The van der Waals surface area contributed by atoms with E-state index in [-0.39, 0.29) is 37.9 Å². The van der Waals surface area contributed by atoms with Crippen LogP contribution in [0.4, 0.5) is 5.69 Å². The normalized spacial score (nSPS) is 16.4. The summed E-state index contributed by atoms with van der Waals surface area (Å²) in [5.74, 6) is -0.766. The smallest absolute Gasteiger partial charge is 0.247 e. The summed E-state index contributed by atoms with van der Waals surface area (Å²) in [5, 5.41) is 2.80.